The first-order valence-corrected chi connectivity index (χ1v) is 17.2. The summed E-state index contributed by atoms with van der Waals surface area (Å²) >= 11 is 0. The Bertz CT molecular complexity index is 1890. The van der Waals surface area contributed by atoms with Gasteiger partial charge in [-0.1, -0.05) is 84.9 Å². The average Bonchev–Trinajstić information content (AvgIpc) is 3.21. The molecular weight excluding hydrogens is 706 g/mol. The number of benzene rings is 4. The largest absolute Gasteiger partial charge is 0.441 e. The van der Waals surface area contributed by atoms with Crippen molar-refractivity contribution >= 4 is 23.5 Å². The van der Waals surface area contributed by atoms with Crippen LogP contribution in [0, 0.1) is 11.6 Å². The topological polar surface area (TPSA) is 170 Å². The van der Waals surface area contributed by atoms with Gasteiger partial charge in [-0.25, -0.2) is 18.4 Å². The molecule has 54 heavy (non-hydrogen) atoms. The van der Waals surface area contributed by atoms with Crippen LogP contribution in [-0.2, 0) is 41.4 Å². The first kappa shape index (κ1) is 38.5. The number of hydrogen-bond donors (Lipinski definition) is 4. The number of esters is 2. The second-order valence-corrected chi connectivity index (χ2v) is 12.7. The Kier molecular flexibility index (Phi) is 11.4. The van der Waals surface area contributed by atoms with Gasteiger partial charge in [-0.05, 0) is 50.2 Å². The van der Waals surface area contributed by atoms with Crippen molar-refractivity contribution in [2.45, 2.75) is 48.7 Å². The minimum atomic E-state index is -4.07. The number of likely N-dealkylation sites (N-methyl/N-ethyl adjacent to an activating group) is 2. The van der Waals surface area contributed by atoms with E-state index in [0.717, 1.165) is 0 Å². The molecule has 0 saturated heterocycles. The number of carbonyl (C=O) groups is 4. The fourth-order valence-electron chi connectivity index (χ4n) is 6.82. The Morgan fingerprint density at radius 1 is 0.630 bits per heavy atom. The van der Waals surface area contributed by atoms with Gasteiger partial charge in [-0.3, -0.25) is 20.2 Å². The van der Waals surface area contributed by atoms with Gasteiger partial charge in [0.25, 0.3) is 11.2 Å². The van der Waals surface area contributed by atoms with E-state index in [1.807, 2.05) is 0 Å². The summed E-state index contributed by atoms with van der Waals surface area (Å²) in [5.74, 6) is -8.56. The van der Waals surface area contributed by atoms with Crippen molar-refractivity contribution in [2.24, 2.45) is 0 Å². The number of ether oxygens (including phenoxy) is 4. The van der Waals surface area contributed by atoms with Crippen LogP contribution in [0.5, 0.6) is 0 Å². The summed E-state index contributed by atoms with van der Waals surface area (Å²) in [7, 11) is 2.64. The van der Waals surface area contributed by atoms with Crippen LogP contribution in [0.3, 0.4) is 0 Å². The zero-order valence-corrected chi connectivity index (χ0v) is 29.3. The van der Waals surface area contributed by atoms with Gasteiger partial charge in [0.15, 0.2) is 12.5 Å². The minimum Gasteiger partial charge on any atom is -0.441 e. The summed E-state index contributed by atoms with van der Waals surface area (Å²) < 4.78 is 53.3. The lowest BCUT2D eigenvalue weighted by molar-refractivity contribution is -0.209. The molecule has 4 aromatic carbocycles. The molecule has 0 spiro atoms. The van der Waals surface area contributed by atoms with Crippen molar-refractivity contribution < 1.29 is 57.1 Å². The molecule has 0 radical (unpaired) electrons. The van der Waals surface area contributed by atoms with Crippen molar-refractivity contribution in [1.29, 1.82) is 0 Å². The Hall–Kier alpha value is -5.22. The smallest absolute Gasteiger partial charge is 0.352 e. The normalized spacial score (nSPS) is 19.8. The maximum absolute atomic E-state index is 15.2. The Morgan fingerprint density at radius 3 is 1.35 bits per heavy atom. The van der Waals surface area contributed by atoms with Crippen LogP contribution in [0.15, 0.2) is 97.1 Å². The van der Waals surface area contributed by atoms with E-state index in [9.17, 15) is 29.4 Å². The number of aliphatic hydroxyl groups is 2. The molecule has 0 aromatic heterocycles. The van der Waals surface area contributed by atoms with E-state index in [1.165, 1.54) is 99.0 Å². The molecule has 2 heterocycles. The van der Waals surface area contributed by atoms with Crippen LogP contribution in [0.4, 0.5) is 8.78 Å². The van der Waals surface area contributed by atoms with Crippen LogP contribution < -0.4 is 10.6 Å². The number of carbonyl (C=O) groups excluding carboxylic acids is 4. The number of fused-ring (bicyclic) bond motifs is 2. The summed E-state index contributed by atoms with van der Waals surface area (Å²) in [6.07, 6.45) is -5.30. The second kappa shape index (κ2) is 16.0. The monoisotopic (exact) mass is 744 g/mol. The molecule has 4 unspecified atom stereocenters. The van der Waals surface area contributed by atoms with E-state index in [-0.39, 0.29) is 24.3 Å². The maximum Gasteiger partial charge on any atom is 0.352 e. The molecule has 2 aliphatic heterocycles. The molecule has 0 saturated carbocycles. The van der Waals surface area contributed by atoms with Crippen molar-refractivity contribution in [2.75, 3.05) is 27.3 Å². The minimum absolute atomic E-state index is 0.0284. The first-order chi connectivity index (χ1) is 26.0. The molecule has 14 heteroatoms. The highest BCUT2D eigenvalue weighted by molar-refractivity contribution is 6.29. The van der Waals surface area contributed by atoms with E-state index >= 15 is 8.78 Å². The van der Waals surface area contributed by atoms with Gasteiger partial charge in [-0.2, -0.15) is 0 Å². The fraction of sp³-hybridized carbons (Fsp3) is 0.300. The van der Waals surface area contributed by atoms with E-state index in [0.29, 0.717) is 24.0 Å². The third-order valence-corrected chi connectivity index (χ3v) is 9.62. The second-order valence-electron chi connectivity index (χ2n) is 12.7. The van der Waals surface area contributed by atoms with Gasteiger partial charge in [-0.15, -0.1) is 0 Å². The summed E-state index contributed by atoms with van der Waals surface area (Å²) in [6.45, 7) is 0.149. The standard InChI is InChI=1S/C40H38F2N2O10/c1-43-35(31-29-23(19-21-51-31)15-9-17-27(29)41)53-37(47)39(49,33(45)25-11-5-3-6-12-25)40(50,34(46)26-13-7-4-8-14-26)38(48)54-36(44-2)32-30-24(20-22-52-32)16-10-18-28(30)42/h3-18,31-32,35-36,43-44,49-50H,19-22H2,1-2H3/t31?,32?,35-,36-,39?,40?/m1/s1. The summed E-state index contributed by atoms with van der Waals surface area (Å²) in [6, 6.07) is 21.9. The summed E-state index contributed by atoms with van der Waals surface area (Å²) in [5.41, 5.74) is -7.83. The van der Waals surface area contributed by atoms with Crippen LogP contribution >= 0.6 is 0 Å². The van der Waals surface area contributed by atoms with E-state index < -0.39 is 82.1 Å². The molecule has 2 aliphatic rings. The third kappa shape index (κ3) is 6.83. The predicted octanol–water partition coefficient (Wildman–Crippen LogP) is 3.30. The zero-order valence-electron chi connectivity index (χ0n) is 29.3. The number of rotatable bonds is 13. The van der Waals surface area contributed by atoms with Gasteiger partial charge in [0, 0.05) is 22.3 Å². The van der Waals surface area contributed by atoms with Gasteiger partial charge in [0.1, 0.15) is 23.8 Å². The summed E-state index contributed by atoms with van der Waals surface area (Å²) in [5, 5.41) is 30.4. The van der Waals surface area contributed by atoms with Crippen LogP contribution in [0.2, 0.25) is 0 Å². The molecule has 0 aliphatic carbocycles. The number of halogens is 2. The number of Topliss-reactive ketones (excluding diaryl/α,β-unsaturated/α-hetero) is 2. The van der Waals surface area contributed by atoms with Gasteiger partial charge in [0.05, 0.1) is 13.2 Å². The maximum atomic E-state index is 15.2. The Balaban J connectivity index is 1.47. The molecule has 12 nitrogen and oxygen atoms in total. The SMILES string of the molecule is CN[C@H](OC(=O)C(O)(C(=O)c1ccccc1)C(O)(C(=O)O[C@@H](NC)C1OCCc2cccc(F)c21)C(=O)c1ccccc1)C1OCCc2cccc(F)c21. The average molecular weight is 745 g/mol. The molecule has 6 rings (SSSR count). The predicted molar refractivity (Wildman–Crippen MR) is 187 cm³/mol. The molecule has 4 N–H and O–H groups in total. The summed E-state index contributed by atoms with van der Waals surface area (Å²) in [4.78, 5) is 58.1. The quantitative estimate of drug-likeness (QED) is 0.0684. The van der Waals surface area contributed by atoms with Gasteiger partial charge < -0.3 is 29.2 Å². The fourth-order valence-corrected chi connectivity index (χ4v) is 6.82. The highest BCUT2D eigenvalue weighted by Gasteiger charge is 2.71. The third-order valence-electron chi connectivity index (χ3n) is 9.62. The first-order valence-electron chi connectivity index (χ1n) is 17.2. The van der Waals surface area contributed by atoms with E-state index in [4.69, 9.17) is 18.9 Å². The van der Waals surface area contributed by atoms with Crippen molar-refractivity contribution in [1.82, 2.24) is 10.6 Å². The van der Waals surface area contributed by atoms with Crippen LogP contribution in [-0.4, -0.2) is 84.7 Å². The molecule has 0 amide bonds. The Morgan fingerprint density at radius 2 is 1.00 bits per heavy atom. The van der Waals surface area contributed by atoms with Crippen LogP contribution in [0.1, 0.15) is 55.2 Å². The lowest BCUT2D eigenvalue weighted by Crippen LogP contribution is -2.73. The molecule has 0 fully saturated rings. The van der Waals surface area contributed by atoms with Gasteiger partial charge >= 0.3 is 11.9 Å². The van der Waals surface area contributed by atoms with E-state index in [2.05, 4.69) is 10.6 Å². The highest BCUT2D eigenvalue weighted by Crippen LogP contribution is 2.39. The number of nitrogens with one attached hydrogen (secondary N) is 2. The highest BCUT2D eigenvalue weighted by atomic mass is 19.1. The molecule has 6 atom stereocenters. The molecule has 4 aromatic rings. The lowest BCUT2D eigenvalue weighted by Gasteiger charge is -2.40. The lowest BCUT2D eigenvalue weighted by atomic mass is 9.73. The molecular formula is C40H38F2N2O10. The Labute approximate surface area is 309 Å². The molecule has 0 bridgehead atoms. The van der Waals surface area contributed by atoms with Gasteiger partial charge in [0.2, 0.25) is 11.6 Å². The van der Waals surface area contributed by atoms with Crippen LogP contribution in [0.25, 0.3) is 0 Å². The zero-order chi connectivity index (χ0) is 38.6. The number of ketones is 2. The molecule has 282 valence electrons. The van der Waals surface area contributed by atoms with Crippen molar-refractivity contribution in [3.05, 3.63) is 142 Å². The van der Waals surface area contributed by atoms with E-state index in [1.54, 1.807) is 12.1 Å². The number of hydrogen-bond acceptors (Lipinski definition) is 12. The van der Waals surface area contributed by atoms with Crippen molar-refractivity contribution in [3.63, 3.8) is 0 Å². The van der Waals surface area contributed by atoms with Crippen molar-refractivity contribution in [3.8, 4) is 0 Å².